The van der Waals surface area contributed by atoms with Crippen molar-refractivity contribution in [2.75, 3.05) is 0 Å². The predicted molar refractivity (Wildman–Crippen MR) is 75.6 cm³/mol. The third-order valence-electron chi connectivity index (χ3n) is 2.95. The first-order valence-electron chi connectivity index (χ1n) is 6.53. The molecule has 0 spiro atoms. The molecule has 0 aliphatic heterocycles. The number of ether oxygens (including phenoxy) is 1. The van der Waals surface area contributed by atoms with Crippen LogP contribution in [0.25, 0.3) is 11.3 Å². The van der Waals surface area contributed by atoms with E-state index in [0.29, 0.717) is 17.0 Å². The molecule has 7 heteroatoms. The first kappa shape index (κ1) is 15.0. The Morgan fingerprint density at radius 3 is 2.61 bits per heavy atom. The SMILES string of the molecule is FC(F)(F)c1ccc(Oc2c[c]ccc2-c2cccnn2)nc1. The molecule has 2 aromatic heterocycles. The first-order valence-corrected chi connectivity index (χ1v) is 6.53. The Kier molecular flexibility index (Phi) is 3.92. The van der Waals surface area contributed by atoms with Gasteiger partial charge in [-0.3, -0.25) is 0 Å². The van der Waals surface area contributed by atoms with Gasteiger partial charge in [-0.1, -0.05) is 6.07 Å². The summed E-state index contributed by atoms with van der Waals surface area (Å²) in [6.45, 7) is 0. The Balaban J connectivity index is 1.89. The van der Waals surface area contributed by atoms with Crippen LogP contribution < -0.4 is 4.74 Å². The molecule has 3 rings (SSSR count). The monoisotopic (exact) mass is 316 g/mol. The number of benzene rings is 1. The topological polar surface area (TPSA) is 47.9 Å². The lowest BCUT2D eigenvalue weighted by molar-refractivity contribution is -0.137. The summed E-state index contributed by atoms with van der Waals surface area (Å²) in [5, 5.41) is 7.78. The molecule has 0 atom stereocenters. The quantitative estimate of drug-likeness (QED) is 0.728. The van der Waals surface area contributed by atoms with Crippen LogP contribution in [0.2, 0.25) is 0 Å². The van der Waals surface area contributed by atoms with Crippen molar-refractivity contribution < 1.29 is 17.9 Å². The summed E-state index contributed by atoms with van der Waals surface area (Å²) in [5.74, 6) is 0.419. The van der Waals surface area contributed by atoms with E-state index >= 15 is 0 Å². The average Bonchev–Trinajstić information content (AvgIpc) is 2.56. The Morgan fingerprint density at radius 1 is 1.09 bits per heavy atom. The van der Waals surface area contributed by atoms with E-state index in [9.17, 15) is 13.2 Å². The molecule has 4 nitrogen and oxygen atoms in total. The fraction of sp³-hybridized carbons (Fsp3) is 0.0625. The lowest BCUT2D eigenvalue weighted by Crippen LogP contribution is -2.05. The maximum Gasteiger partial charge on any atom is 0.417 e. The Labute approximate surface area is 129 Å². The third-order valence-corrected chi connectivity index (χ3v) is 2.95. The van der Waals surface area contributed by atoms with Crippen LogP contribution in [0, 0.1) is 6.07 Å². The van der Waals surface area contributed by atoms with Crippen LogP contribution in [0.5, 0.6) is 11.6 Å². The third kappa shape index (κ3) is 3.45. The summed E-state index contributed by atoms with van der Waals surface area (Å²) in [4.78, 5) is 3.68. The van der Waals surface area contributed by atoms with E-state index < -0.39 is 11.7 Å². The van der Waals surface area contributed by atoms with Crippen LogP contribution in [-0.2, 0) is 6.18 Å². The van der Waals surface area contributed by atoms with Crippen LogP contribution in [0.1, 0.15) is 5.56 Å². The number of rotatable bonds is 3. The number of alkyl halides is 3. The molecule has 115 valence electrons. The van der Waals surface area contributed by atoms with Gasteiger partial charge in [0, 0.05) is 24.0 Å². The van der Waals surface area contributed by atoms with E-state index in [0.717, 1.165) is 18.3 Å². The minimum absolute atomic E-state index is 0.0442. The highest BCUT2D eigenvalue weighted by molar-refractivity contribution is 5.66. The van der Waals surface area contributed by atoms with Gasteiger partial charge < -0.3 is 4.74 Å². The van der Waals surface area contributed by atoms with Crippen molar-refractivity contribution in [2.45, 2.75) is 6.18 Å². The molecule has 0 unspecified atom stereocenters. The second-order valence-corrected chi connectivity index (χ2v) is 4.52. The lowest BCUT2D eigenvalue weighted by atomic mass is 10.1. The highest BCUT2D eigenvalue weighted by Gasteiger charge is 2.30. The van der Waals surface area contributed by atoms with Gasteiger partial charge in [-0.15, -0.1) is 0 Å². The van der Waals surface area contributed by atoms with Gasteiger partial charge in [-0.25, -0.2) is 4.98 Å². The van der Waals surface area contributed by atoms with Crippen molar-refractivity contribution in [1.82, 2.24) is 15.2 Å². The predicted octanol–water partition coefficient (Wildman–Crippen LogP) is 4.15. The van der Waals surface area contributed by atoms with Crippen LogP contribution in [0.4, 0.5) is 13.2 Å². The van der Waals surface area contributed by atoms with Gasteiger partial charge in [0.25, 0.3) is 0 Å². The normalized spacial score (nSPS) is 11.3. The van der Waals surface area contributed by atoms with Crippen molar-refractivity contribution >= 4 is 0 Å². The standard InChI is InChI=1S/C16H9F3N3O/c17-16(18,19)11-7-8-15(20-10-11)23-14-6-2-1-4-12(14)13-5-3-9-21-22-13/h1,3-10H. The number of hydrogen-bond acceptors (Lipinski definition) is 4. The molecule has 2 heterocycles. The summed E-state index contributed by atoms with van der Waals surface area (Å²) in [7, 11) is 0. The second kappa shape index (κ2) is 6.04. The summed E-state index contributed by atoms with van der Waals surface area (Å²) < 4.78 is 43.1. The summed E-state index contributed by atoms with van der Waals surface area (Å²) in [6.07, 6.45) is -2.17. The van der Waals surface area contributed by atoms with Crippen LogP contribution >= 0.6 is 0 Å². The summed E-state index contributed by atoms with van der Waals surface area (Å²) in [5.41, 5.74) is 0.376. The van der Waals surface area contributed by atoms with E-state index in [1.165, 1.54) is 6.20 Å². The number of hydrogen-bond donors (Lipinski definition) is 0. The second-order valence-electron chi connectivity index (χ2n) is 4.52. The lowest BCUT2D eigenvalue weighted by Gasteiger charge is -2.10. The molecule has 0 bridgehead atoms. The van der Waals surface area contributed by atoms with Crippen molar-refractivity contribution in [2.24, 2.45) is 0 Å². The van der Waals surface area contributed by atoms with E-state index in [2.05, 4.69) is 21.2 Å². The molecule has 23 heavy (non-hydrogen) atoms. The van der Waals surface area contributed by atoms with Gasteiger partial charge in [0.1, 0.15) is 5.75 Å². The fourth-order valence-electron chi connectivity index (χ4n) is 1.88. The highest BCUT2D eigenvalue weighted by atomic mass is 19.4. The molecule has 0 aliphatic carbocycles. The van der Waals surface area contributed by atoms with Gasteiger partial charge in [0.15, 0.2) is 0 Å². The number of pyridine rings is 1. The number of aromatic nitrogens is 3. The van der Waals surface area contributed by atoms with Crippen molar-refractivity contribution in [1.29, 1.82) is 0 Å². The zero-order valence-electron chi connectivity index (χ0n) is 11.6. The smallest absolute Gasteiger partial charge is 0.417 e. The van der Waals surface area contributed by atoms with E-state index in [1.54, 1.807) is 30.3 Å². The fourth-order valence-corrected chi connectivity index (χ4v) is 1.88. The molecule has 0 saturated carbocycles. The van der Waals surface area contributed by atoms with E-state index in [-0.39, 0.29) is 5.88 Å². The molecule has 0 amide bonds. The van der Waals surface area contributed by atoms with Crippen molar-refractivity contribution in [3.05, 3.63) is 66.5 Å². The Bertz CT molecular complexity index is 790. The summed E-state index contributed by atoms with van der Waals surface area (Å²) >= 11 is 0. The largest absolute Gasteiger partial charge is 0.438 e. The molecule has 0 saturated heterocycles. The first-order chi connectivity index (χ1) is 11.0. The maximum atomic E-state index is 12.5. The minimum Gasteiger partial charge on any atom is -0.438 e. The molecular formula is C16H9F3N3O. The van der Waals surface area contributed by atoms with Crippen LogP contribution in [-0.4, -0.2) is 15.2 Å². The number of nitrogens with zero attached hydrogens (tertiary/aromatic N) is 3. The minimum atomic E-state index is -4.43. The van der Waals surface area contributed by atoms with Gasteiger partial charge in [0.05, 0.1) is 11.3 Å². The Hall–Kier alpha value is -2.96. The molecular weight excluding hydrogens is 307 g/mol. The van der Waals surface area contributed by atoms with Gasteiger partial charge >= 0.3 is 6.18 Å². The Morgan fingerprint density at radius 2 is 1.96 bits per heavy atom. The highest BCUT2D eigenvalue weighted by Crippen LogP contribution is 2.33. The van der Waals surface area contributed by atoms with Crippen molar-refractivity contribution in [3.63, 3.8) is 0 Å². The average molecular weight is 316 g/mol. The van der Waals surface area contributed by atoms with Gasteiger partial charge in [0.2, 0.25) is 5.88 Å². The van der Waals surface area contributed by atoms with Crippen LogP contribution in [0.3, 0.4) is 0 Å². The van der Waals surface area contributed by atoms with Gasteiger partial charge in [-0.05, 0) is 36.4 Å². The molecule has 0 N–H and O–H groups in total. The zero-order valence-corrected chi connectivity index (χ0v) is 11.6. The molecule has 1 aromatic carbocycles. The van der Waals surface area contributed by atoms with E-state index in [4.69, 9.17) is 4.74 Å². The number of halogens is 3. The molecule has 0 aliphatic rings. The molecule has 3 aromatic rings. The van der Waals surface area contributed by atoms with Gasteiger partial charge in [-0.2, -0.15) is 23.4 Å². The van der Waals surface area contributed by atoms with Crippen molar-refractivity contribution in [3.8, 4) is 22.9 Å². The zero-order chi connectivity index (χ0) is 16.3. The van der Waals surface area contributed by atoms with Crippen LogP contribution in [0.15, 0.2) is 54.9 Å². The van der Waals surface area contributed by atoms with E-state index in [1.807, 2.05) is 0 Å². The molecule has 0 fully saturated rings. The summed E-state index contributed by atoms with van der Waals surface area (Å²) in [6, 6.07) is 13.4. The maximum absolute atomic E-state index is 12.5. The molecule has 1 radical (unpaired) electrons.